The van der Waals surface area contributed by atoms with Gasteiger partial charge in [0.1, 0.15) is 11.3 Å². The normalized spacial score (nSPS) is 23.0. The first-order valence-corrected chi connectivity index (χ1v) is 13.2. The van der Waals surface area contributed by atoms with Gasteiger partial charge in [0, 0.05) is 52.1 Å². The number of aromatic carboxylic acids is 1. The molecule has 2 aromatic rings. The van der Waals surface area contributed by atoms with Gasteiger partial charge in [-0.2, -0.15) is 0 Å². The quantitative estimate of drug-likeness (QED) is 0.561. The number of piperidine rings is 1. The van der Waals surface area contributed by atoms with Crippen LogP contribution in [0.1, 0.15) is 42.1 Å². The molecule has 0 amide bonds. The molecule has 2 saturated heterocycles. The lowest BCUT2D eigenvalue weighted by Gasteiger charge is -2.38. The SMILES string of the molecule is COc1c(N2CC3CCCN(P(=O)(OC)OC)C3C2)c(F)cc2c(=O)c(C(=O)O)cn(C3CC3)c12. The van der Waals surface area contributed by atoms with Gasteiger partial charge >= 0.3 is 13.7 Å². The minimum Gasteiger partial charge on any atom is -0.492 e. The van der Waals surface area contributed by atoms with E-state index in [-0.39, 0.29) is 34.8 Å². The van der Waals surface area contributed by atoms with Gasteiger partial charge in [-0.15, -0.1) is 0 Å². The molecular weight excluding hydrogens is 480 g/mol. The van der Waals surface area contributed by atoms with E-state index in [1.165, 1.54) is 27.5 Å². The van der Waals surface area contributed by atoms with Gasteiger partial charge < -0.3 is 19.3 Å². The molecular formula is C23H29FN3O7P. The van der Waals surface area contributed by atoms with Crippen LogP contribution in [0.5, 0.6) is 5.75 Å². The molecule has 0 bridgehead atoms. The van der Waals surface area contributed by atoms with E-state index in [0.29, 0.717) is 25.2 Å². The summed E-state index contributed by atoms with van der Waals surface area (Å²) < 4.78 is 48.6. The number of pyridine rings is 1. The summed E-state index contributed by atoms with van der Waals surface area (Å²) in [6, 6.07) is 0.971. The number of carboxylic acid groups (broad SMARTS) is 1. The van der Waals surface area contributed by atoms with Gasteiger partial charge in [0.25, 0.3) is 0 Å². The molecule has 0 radical (unpaired) electrons. The van der Waals surface area contributed by atoms with Crippen LogP contribution >= 0.6 is 7.75 Å². The van der Waals surface area contributed by atoms with Gasteiger partial charge in [0.2, 0.25) is 5.43 Å². The van der Waals surface area contributed by atoms with E-state index in [2.05, 4.69) is 0 Å². The second kappa shape index (κ2) is 8.89. The number of halogens is 1. The minimum atomic E-state index is -3.47. The van der Waals surface area contributed by atoms with E-state index in [1.54, 1.807) is 9.24 Å². The molecule has 12 heteroatoms. The molecule has 1 aliphatic carbocycles. The third-order valence-corrected chi connectivity index (χ3v) is 9.47. The van der Waals surface area contributed by atoms with E-state index in [4.69, 9.17) is 13.8 Å². The highest BCUT2D eigenvalue weighted by Gasteiger charge is 2.48. The molecule has 5 rings (SSSR count). The van der Waals surface area contributed by atoms with E-state index in [9.17, 15) is 19.3 Å². The smallest absolute Gasteiger partial charge is 0.407 e. The predicted molar refractivity (Wildman–Crippen MR) is 127 cm³/mol. The number of carbonyl (C=O) groups is 1. The predicted octanol–water partition coefficient (Wildman–Crippen LogP) is 3.48. The zero-order chi connectivity index (χ0) is 25.1. The van der Waals surface area contributed by atoms with Crippen LogP contribution in [0.15, 0.2) is 17.1 Å². The molecule has 2 unspecified atom stereocenters. The monoisotopic (exact) mass is 509 g/mol. The van der Waals surface area contributed by atoms with Crippen LogP contribution in [-0.4, -0.2) is 67.3 Å². The molecule has 2 atom stereocenters. The average Bonchev–Trinajstić information content (AvgIpc) is 3.60. The topological polar surface area (TPSA) is 111 Å². The van der Waals surface area contributed by atoms with E-state index >= 15 is 4.39 Å². The largest absolute Gasteiger partial charge is 0.492 e. The molecule has 35 heavy (non-hydrogen) atoms. The number of fused-ring (bicyclic) bond motifs is 2. The van der Waals surface area contributed by atoms with Crippen LogP contribution in [-0.2, 0) is 13.6 Å². The zero-order valence-electron chi connectivity index (χ0n) is 19.9. The fourth-order valence-corrected chi connectivity index (χ4v) is 7.23. The molecule has 1 N–H and O–H groups in total. The van der Waals surface area contributed by atoms with Crippen molar-refractivity contribution in [3.63, 3.8) is 0 Å². The number of hydrogen-bond acceptors (Lipinski definition) is 7. The third kappa shape index (κ3) is 3.85. The van der Waals surface area contributed by atoms with Gasteiger partial charge in [0.15, 0.2) is 11.6 Å². The summed E-state index contributed by atoms with van der Waals surface area (Å²) in [5.41, 5.74) is -0.518. The van der Waals surface area contributed by atoms with Crippen molar-refractivity contribution in [1.29, 1.82) is 0 Å². The molecule has 190 valence electrons. The van der Waals surface area contributed by atoms with Crippen molar-refractivity contribution in [3.05, 3.63) is 33.9 Å². The van der Waals surface area contributed by atoms with Crippen molar-refractivity contribution in [2.75, 3.05) is 45.9 Å². The molecule has 1 aromatic carbocycles. The molecule has 1 saturated carbocycles. The van der Waals surface area contributed by atoms with Crippen molar-refractivity contribution >= 4 is 30.3 Å². The number of nitrogens with zero attached hydrogens (tertiary/aromatic N) is 3. The van der Waals surface area contributed by atoms with Gasteiger partial charge in [-0.1, -0.05) is 0 Å². The number of ether oxygens (including phenoxy) is 1. The third-order valence-electron chi connectivity index (χ3n) is 7.42. The first kappa shape index (κ1) is 24.2. The van der Waals surface area contributed by atoms with Gasteiger partial charge in [-0.25, -0.2) is 18.4 Å². The summed E-state index contributed by atoms with van der Waals surface area (Å²) in [6.07, 6.45) is 4.70. The number of benzene rings is 1. The van der Waals surface area contributed by atoms with Crippen molar-refractivity contribution in [3.8, 4) is 5.75 Å². The number of anilines is 1. The summed E-state index contributed by atoms with van der Waals surface area (Å²) in [4.78, 5) is 26.5. The van der Waals surface area contributed by atoms with Crippen LogP contribution < -0.4 is 15.1 Å². The highest BCUT2D eigenvalue weighted by Crippen LogP contribution is 2.56. The number of rotatable bonds is 7. The fraction of sp³-hybridized carbons (Fsp3) is 0.565. The molecule has 3 fully saturated rings. The summed E-state index contributed by atoms with van der Waals surface area (Å²) in [6.45, 7) is 1.43. The second-order valence-corrected chi connectivity index (χ2v) is 11.5. The first-order valence-electron chi connectivity index (χ1n) is 11.7. The van der Waals surface area contributed by atoms with Crippen LogP contribution in [0.2, 0.25) is 0 Å². The van der Waals surface area contributed by atoms with Crippen LogP contribution in [0.3, 0.4) is 0 Å². The molecule has 3 aliphatic rings. The number of methoxy groups -OCH3 is 1. The Balaban J connectivity index is 1.64. The maximum Gasteiger partial charge on any atom is 0.407 e. The molecule has 10 nitrogen and oxygen atoms in total. The lowest BCUT2D eigenvalue weighted by molar-refractivity contribution is 0.0694. The van der Waals surface area contributed by atoms with Gasteiger partial charge in [-0.3, -0.25) is 13.8 Å². The summed E-state index contributed by atoms with van der Waals surface area (Å²) >= 11 is 0. The summed E-state index contributed by atoms with van der Waals surface area (Å²) in [7, 11) is 0.665. The zero-order valence-corrected chi connectivity index (χ0v) is 20.8. The van der Waals surface area contributed by atoms with Gasteiger partial charge in [0.05, 0.1) is 18.0 Å². The first-order chi connectivity index (χ1) is 16.7. The van der Waals surface area contributed by atoms with Crippen molar-refractivity contribution < 1.29 is 32.6 Å². The maximum absolute atomic E-state index is 15.7. The van der Waals surface area contributed by atoms with Crippen molar-refractivity contribution in [1.82, 2.24) is 9.24 Å². The van der Waals surface area contributed by atoms with Crippen LogP contribution in [0.25, 0.3) is 10.9 Å². The highest BCUT2D eigenvalue weighted by molar-refractivity contribution is 7.51. The Morgan fingerprint density at radius 2 is 1.89 bits per heavy atom. The Hall–Kier alpha value is -2.46. The molecule has 0 spiro atoms. The van der Waals surface area contributed by atoms with Crippen LogP contribution in [0.4, 0.5) is 10.1 Å². The van der Waals surface area contributed by atoms with Crippen LogP contribution in [0, 0.1) is 11.7 Å². The fourth-order valence-electron chi connectivity index (χ4n) is 5.65. The standard InChI is InChI=1S/C23H29FN3O7P/c1-32-22-19-15(21(28)16(23(29)30)11-26(19)14-6-7-14)9-17(24)20(22)25-10-13-5-4-8-27(18(13)12-25)35(31,33-2)34-3/h9,11,13-14,18H,4-8,10,12H2,1-3H3,(H,29,30). The molecule has 3 heterocycles. The summed E-state index contributed by atoms with van der Waals surface area (Å²) in [5.74, 6) is -1.70. The Morgan fingerprint density at radius 3 is 2.49 bits per heavy atom. The van der Waals surface area contributed by atoms with Gasteiger partial charge in [-0.05, 0) is 37.7 Å². The second-order valence-electron chi connectivity index (χ2n) is 9.32. The average molecular weight is 509 g/mol. The van der Waals surface area contributed by atoms with E-state index in [1.807, 2.05) is 4.90 Å². The Morgan fingerprint density at radius 1 is 1.17 bits per heavy atom. The summed E-state index contributed by atoms with van der Waals surface area (Å²) in [5, 5.41) is 9.51. The van der Waals surface area contributed by atoms with Crippen molar-refractivity contribution in [2.24, 2.45) is 5.92 Å². The van der Waals surface area contributed by atoms with E-state index < -0.39 is 30.5 Å². The van der Waals surface area contributed by atoms with E-state index in [0.717, 1.165) is 31.7 Å². The minimum absolute atomic E-state index is 0.0172. The molecule has 2 aliphatic heterocycles. The Kier molecular flexibility index (Phi) is 6.15. The lowest BCUT2D eigenvalue weighted by atomic mass is 9.94. The number of aromatic nitrogens is 1. The Labute approximate surface area is 201 Å². The number of hydrogen-bond donors (Lipinski definition) is 1. The van der Waals surface area contributed by atoms with Crippen molar-refractivity contribution in [2.45, 2.75) is 37.8 Å². The molecule has 1 aromatic heterocycles. The lowest BCUT2D eigenvalue weighted by Crippen LogP contribution is -2.43. The number of carboxylic acids is 1. The maximum atomic E-state index is 15.7. The Bertz CT molecular complexity index is 1290. The highest BCUT2D eigenvalue weighted by atomic mass is 31.2.